The monoisotopic (exact) mass is 313 g/mol. The molecule has 5 nitrogen and oxygen atoms in total. The summed E-state index contributed by atoms with van der Waals surface area (Å²) in [6.07, 6.45) is 3.98. The number of benzene rings is 1. The summed E-state index contributed by atoms with van der Waals surface area (Å²) in [7, 11) is 1.70. The van der Waals surface area contributed by atoms with Crippen molar-refractivity contribution in [3.63, 3.8) is 0 Å². The number of likely N-dealkylation sites (tertiary alicyclic amines) is 1. The summed E-state index contributed by atoms with van der Waals surface area (Å²) >= 11 is 0. The van der Waals surface area contributed by atoms with Crippen molar-refractivity contribution in [3.05, 3.63) is 53.3 Å². The first-order valence-corrected chi connectivity index (χ1v) is 8.00. The van der Waals surface area contributed by atoms with Crippen LogP contribution in [-0.2, 0) is 6.54 Å². The van der Waals surface area contributed by atoms with Crippen LogP contribution in [0.4, 0.5) is 0 Å². The van der Waals surface area contributed by atoms with Crippen LogP contribution < -0.4 is 10.5 Å². The molecule has 0 spiro atoms. The Morgan fingerprint density at radius 1 is 1.39 bits per heavy atom. The zero-order chi connectivity index (χ0) is 16.2. The molecule has 122 valence electrons. The molecule has 23 heavy (non-hydrogen) atoms. The molecular formula is C18H23N3O2. The van der Waals surface area contributed by atoms with Gasteiger partial charge < -0.3 is 15.5 Å². The number of primary amides is 1. The summed E-state index contributed by atoms with van der Waals surface area (Å²) in [5.74, 6) is 0.881. The molecule has 0 bridgehead atoms. The first-order valence-electron chi connectivity index (χ1n) is 8.00. The highest BCUT2D eigenvalue weighted by Crippen LogP contribution is 2.30. The maximum Gasteiger partial charge on any atom is 0.250 e. The van der Waals surface area contributed by atoms with Crippen LogP contribution in [0.1, 0.15) is 40.4 Å². The van der Waals surface area contributed by atoms with Crippen molar-refractivity contribution in [2.75, 3.05) is 20.2 Å². The summed E-state index contributed by atoms with van der Waals surface area (Å²) in [6.45, 7) is 2.83. The van der Waals surface area contributed by atoms with Crippen LogP contribution in [-0.4, -0.2) is 36.0 Å². The van der Waals surface area contributed by atoms with Gasteiger partial charge in [-0.15, -0.1) is 0 Å². The van der Waals surface area contributed by atoms with Crippen molar-refractivity contribution in [1.82, 2.24) is 9.88 Å². The molecule has 0 aliphatic carbocycles. The van der Waals surface area contributed by atoms with Crippen LogP contribution in [0, 0.1) is 0 Å². The number of ether oxygens (including phenoxy) is 1. The fourth-order valence-corrected chi connectivity index (χ4v) is 3.44. The number of carbonyl (C=O) groups is 1. The summed E-state index contributed by atoms with van der Waals surface area (Å²) in [6, 6.07) is 9.89. The second kappa shape index (κ2) is 6.87. The van der Waals surface area contributed by atoms with E-state index >= 15 is 0 Å². The van der Waals surface area contributed by atoms with E-state index in [-0.39, 0.29) is 5.91 Å². The third-order valence-electron chi connectivity index (χ3n) is 4.54. The molecule has 1 aliphatic rings. The standard InChI is InChI=1S/C18H23N3O2/c1-23-16-7-3-2-5-13(16)11-21-10-4-6-14(12-21)17-15(18(19)22)8-9-20-17/h2-3,5,7-9,14,20H,4,6,10-12H2,1H3,(H2,19,22). The van der Waals surface area contributed by atoms with E-state index < -0.39 is 0 Å². The Morgan fingerprint density at radius 2 is 2.22 bits per heavy atom. The second-order valence-corrected chi connectivity index (χ2v) is 6.06. The van der Waals surface area contributed by atoms with Crippen molar-refractivity contribution in [3.8, 4) is 5.75 Å². The topological polar surface area (TPSA) is 71.3 Å². The molecule has 1 aromatic carbocycles. The normalized spacial score (nSPS) is 18.7. The zero-order valence-corrected chi connectivity index (χ0v) is 13.4. The van der Waals surface area contributed by atoms with E-state index in [1.807, 2.05) is 18.2 Å². The largest absolute Gasteiger partial charge is 0.496 e. The maximum absolute atomic E-state index is 11.6. The lowest BCUT2D eigenvalue weighted by Crippen LogP contribution is -2.34. The number of nitrogens with zero attached hydrogens (tertiary/aromatic N) is 1. The molecule has 0 saturated carbocycles. The first-order chi connectivity index (χ1) is 11.2. The van der Waals surface area contributed by atoms with Gasteiger partial charge in [0.2, 0.25) is 0 Å². The van der Waals surface area contributed by atoms with Gasteiger partial charge in [0.1, 0.15) is 5.75 Å². The Balaban J connectivity index is 1.73. The Morgan fingerprint density at radius 3 is 3.00 bits per heavy atom. The number of hydrogen-bond acceptors (Lipinski definition) is 3. The molecule has 3 rings (SSSR count). The number of para-hydroxylation sites is 1. The molecule has 3 N–H and O–H groups in total. The molecule has 1 unspecified atom stereocenters. The highest BCUT2D eigenvalue weighted by Gasteiger charge is 2.25. The van der Waals surface area contributed by atoms with E-state index in [0.29, 0.717) is 11.5 Å². The number of nitrogens with two attached hydrogens (primary N) is 1. The van der Waals surface area contributed by atoms with E-state index in [2.05, 4.69) is 16.0 Å². The number of methoxy groups -OCH3 is 1. The van der Waals surface area contributed by atoms with Crippen molar-refractivity contribution in [1.29, 1.82) is 0 Å². The number of aromatic amines is 1. The van der Waals surface area contributed by atoms with Gasteiger partial charge in [0.25, 0.3) is 5.91 Å². The molecule has 5 heteroatoms. The number of aromatic nitrogens is 1. The minimum Gasteiger partial charge on any atom is -0.496 e. The van der Waals surface area contributed by atoms with Gasteiger partial charge in [-0.05, 0) is 31.5 Å². The SMILES string of the molecule is COc1ccccc1CN1CCCC(c2[nH]ccc2C(N)=O)C1. The van der Waals surface area contributed by atoms with Gasteiger partial charge in [-0.3, -0.25) is 9.69 Å². The Kier molecular flexibility index (Phi) is 4.67. The third kappa shape index (κ3) is 3.40. The maximum atomic E-state index is 11.6. The van der Waals surface area contributed by atoms with Gasteiger partial charge in [-0.25, -0.2) is 0 Å². The molecule has 1 aliphatic heterocycles. The quantitative estimate of drug-likeness (QED) is 0.891. The minimum atomic E-state index is -0.358. The van der Waals surface area contributed by atoms with Crippen LogP contribution in [0.15, 0.2) is 36.5 Å². The average molecular weight is 313 g/mol. The van der Waals surface area contributed by atoms with Crippen LogP contribution in [0.2, 0.25) is 0 Å². The summed E-state index contributed by atoms with van der Waals surface area (Å²) in [5.41, 5.74) is 8.26. The first kappa shape index (κ1) is 15.6. The van der Waals surface area contributed by atoms with Crippen molar-refractivity contribution in [2.45, 2.75) is 25.3 Å². The summed E-state index contributed by atoms with van der Waals surface area (Å²) in [5, 5.41) is 0. The molecule has 0 radical (unpaired) electrons. The lowest BCUT2D eigenvalue weighted by atomic mass is 9.92. The van der Waals surface area contributed by atoms with E-state index in [9.17, 15) is 4.79 Å². The van der Waals surface area contributed by atoms with Crippen LogP contribution >= 0.6 is 0 Å². The number of nitrogens with one attached hydrogen (secondary N) is 1. The second-order valence-electron chi connectivity index (χ2n) is 6.06. The van der Waals surface area contributed by atoms with Gasteiger partial charge in [-0.1, -0.05) is 18.2 Å². The number of H-pyrrole nitrogens is 1. The van der Waals surface area contributed by atoms with Crippen molar-refractivity contribution in [2.24, 2.45) is 5.73 Å². The minimum absolute atomic E-state index is 0.316. The molecule has 1 fully saturated rings. The van der Waals surface area contributed by atoms with Crippen LogP contribution in [0.25, 0.3) is 0 Å². The predicted molar refractivity (Wildman–Crippen MR) is 89.6 cm³/mol. The van der Waals surface area contributed by atoms with Crippen molar-refractivity contribution >= 4 is 5.91 Å². The molecule has 2 aromatic rings. The Hall–Kier alpha value is -2.27. The molecule has 1 amide bonds. The molecule has 1 atom stereocenters. The number of rotatable bonds is 5. The molecule has 2 heterocycles. The van der Waals surface area contributed by atoms with Gasteiger partial charge in [0.05, 0.1) is 12.7 Å². The fourth-order valence-electron chi connectivity index (χ4n) is 3.44. The van der Waals surface area contributed by atoms with Gasteiger partial charge in [0, 0.05) is 36.5 Å². The predicted octanol–water partition coefficient (Wildman–Crippen LogP) is 2.50. The van der Waals surface area contributed by atoms with E-state index in [1.54, 1.807) is 19.4 Å². The highest BCUT2D eigenvalue weighted by molar-refractivity contribution is 5.94. The lowest BCUT2D eigenvalue weighted by Gasteiger charge is -2.33. The fraction of sp³-hybridized carbons (Fsp3) is 0.389. The number of piperidine rings is 1. The van der Waals surface area contributed by atoms with Crippen molar-refractivity contribution < 1.29 is 9.53 Å². The van der Waals surface area contributed by atoms with Gasteiger partial charge in [0.15, 0.2) is 0 Å². The number of carbonyl (C=O) groups excluding carboxylic acids is 1. The van der Waals surface area contributed by atoms with Gasteiger partial charge >= 0.3 is 0 Å². The van der Waals surface area contributed by atoms with E-state index in [4.69, 9.17) is 10.5 Å². The Labute approximate surface area is 136 Å². The third-order valence-corrected chi connectivity index (χ3v) is 4.54. The van der Waals surface area contributed by atoms with Gasteiger partial charge in [-0.2, -0.15) is 0 Å². The van der Waals surface area contributed by atoms with Crippen LogP contribution in [0.5, 0.6) is 5.75 Å². The summed E-state index contributed by atoms with van der Waals surface area (Å²) in [4.78, 5) is 17.2. The smallest absolute Gasteiger partial charge is 0.250 e. The summed E-state index contributed by atoms with van der Waals surface area (Å²) < 4.78 is 5.44. The number of amides is 1. The van der Waals surface area contributed by atoms with E-state index in [0.717, 1.165) is 43.9 Å². The Bertz CT molecular complexity index is 680. The lowest BCUT2D eigenvalue weighted by molar-refractivity contribution is 0.0997. The molecule has 1 aromatic heterocycles. The number of hydrogen-bond donors (Lipinski definition) is 2. The average Bonchev–Trinajstić information content (AvgIpc) is 3.05. The van der Waals surface area contributed by atoms with Crippen LogP contribution in [0.3, 0.4) is 0 Å². The zero-order valence-electron chi connectivity index (χ0n) is 13.4. The molecule has 1 saturated heterocycles. The molecular weight excluding hydrogens is 290 g/mol. The van der Waals surface area contributed by atoms with E-state index in [1.165, 1.54) is 5.56 Å². The highest BCUT2D eigenvalue weighted by atomic mass is 16.5.